The number of carbonyl (C=O) groups excluding carboxylic acids is 1. The van der Waals surface area contributed by atoms with Crippen LogP contribution in [-0.4, -0.2) is 38.7 Å². The van der Waals surface area contributed by atoms with Gasteiger partial charge in [-0.2, -0.15) is 0 Å². The standard InChI is InChI=1S/C21H22O8/c1-5-6-26-10-13-7-17-20(28-11-27-17)21(25-4)18(13)19-15(23)8-14(24-3)9-16(19)29-12(2)22/h5,7-9,23H,1,6,10-11H2,2-4H3. The van der Waals surface area contributed by atoms with Gasteiger partial charge in [-0.3, -0.25) is 4.79 Å². The highest BCUT2D eigenvalue weighted by Crippen LogP contribution is 2.53. The summed E-state index contributed by atoms with van der Waals surface area (Å²) in [4.78, 5) is 11.7. The molecular formula is C21H22O8. The number of aromatic hydroxyl groups is 1. The Balaban J connectivity index is 2.28. The van der Waals surface area contributed by atoms with E-state index in [4.69, 9.17) is 28.4 Å². The van der Waals surface area contributed by atoms with E-state index in [0.29, 0.717) is 40.7 Å². The number of rotatable bonds is 8. The van der Waals surface area contributed by atoms with Gasteiger partial charge < -0.3 is 33.5 Å². The highest BCUT2D eigenvalue weighted by atomic mass is 16.7. The van der Waals surface area contributed by atoms with Crippen LogP contribution in [0.15, 0.2) is 30.9 Å². The lowest BCUT2D eigenvalue weighted by molar-refractivity contribution is -0.131. The first-order valence-electron chi connectivity index (χ1n) is 8.78. The zero-order valence-corrected chi connectivity index (χ0v) is 16.4. The number of carbonyl (C=O) groups is 1. The van der Waals surface area contributed by atoms with Crippen LogP contribution >= 0.6 is 0 Å². The van der Waals surface area contributed by atoms with E-state index in [1.54, 1.807) is 12.1 Å². The first-order chi connectivity index (χ1) is 14.0. The van der Waals surface area contributed by atoms with E-state index in [1.807, 2.05) is 0 Å². The highest BCUT2D eigenvalue weighted by molar-refractivity contribution is 5.89. The zero-order valence-electron chi connectivity index (χ0n) is 16.4. The third kappa shape index (κ3) is 4.07. The van der Waals surface area contributed by atoms with Crippen LogP contribution in [0.3, 0.4) is 0 Å². The number of hydrogen-bond donors (Lipinski definition) is 1. The minimum absolute atomic E-state index is 0.0352. The van der Waals surface area contributed by atoms with Crippen molar-refractivity contribution in [1.82, 2.24) is 0 Å². The molecule has 1 N–H and O–H groups in total. The summed E-state index contributed by atoms with van der Waals surface area (Å²) in [6.45, 7) is 5.43. The molecule has 8 heteroatoms. The molecule has 0 radical (unpaired) electrons. The van der Waals surface area contributed by atoms with Gasteiger partial charge in [0.15, 0.2) is 11.5 Å². The summed E-state index contributed by atoms with van der Waals surface area (Å²) in [6, 6.07) is 4.67. The van der Waals surface area contributed by atoms with E-state index in [1.165, 1.54) is 33.3 Å². The molecule has 0 saturated carbocycles. The summed E-state index contributed by atoms with van der Waals surface area (Å²) in [5.74, 6) is 0.920. The summed E-state index contributed by atoms with van der Waals surface area (Å²) >= 11 is 0. The second-order valence-electron chi connectivity index (χ2n) is 6.09. The molecule has 2 aromatic carbocycles. The summed E-state index contributed by atoms with van der Waals surface area (Å²) in [5.41, 5.74) is 1.34. The Kier molecular flexibility index (Phi) is 6.13. The minimum atomic E-state index is -0.553. The van der Waals surface area contributed by atoms with Gasteiger partial charge >= 0.3 is 5.97 Å². The maximum atomic E-state index is 11.7. The first kappa shape index (κ1) is 20.3. The molecule has 0 aliphatic carbocycles. The second kappa shape index (κ2) is 8.74. The lowest BCUT2D eigenvalue weighted by atomic mass is 9.95. The van der Waals surface area contributed by atoms with E-state index in [-0.39, 0.29) is 30.5 Å². The van der Waals surface area contributed by atoms with Gasteiger partial charge in [-0.1, -0.05) is 6.08 Å². The molecular weight excluding hydrogens is 380 g/mol. The first-order valence-corrected chi connectivity index (χ1v) is 8.78. The number of ether oxygens (including phenoxy) is 6. The quantitative estimate of drug-likeness (QED) is 0.311. The zero-order chi connectivity index (χ0) is 21.0. The molecule has 0 amide bonds. The fourth-order valence-electron chi connectivity index (χ4n) is 3.08. The van der Waals surface area contributed by atoms with Gasteiger partial charge in [-0.15, -0.1) is 6.58 Å². The Morgan fingerprint density at radius 3 is 2.66 bits per heavy atom. The van der Waals surface area contributed by atoms with Gasteiger partial charge in [-0.05, 0) is 11.6 Å². The second-order valence-corrected chi connectivity index (χ2v) is 6.09. The van der Waals surface area contributed by atoms with Crippen LogP contribution in [0.5, 0.6) is 34.5 Å². The Morgan fingerprint density at radius 2 is 2.00 bits per heavy atom. The van der Waals surface area contributed by atoms with Crippen molar-refractivity contribution in [2.75, 3.05) is 27.6 Å². The van der Waals surface area contributed by atoms with E-state index >= 15 is 0 Å². The molecule has 29 heavy (non-hydrogen) atoms. The summed E-state index contributed by atoms with van der Waals surface area (Å²) in [5, 5.41) is 10.8. The van der Waals surface area contributed by atoms with Gasteiger partial charge in [0.2, 0.25) is 12.5 Å². The van der Waals surface area contributed by atoms with Gasteiger partial charge in [0.05, 0.1) is 33.0 Å². The Hall–Kier alpha value is -3.39. The molecule has 1 heterocycles. The molecule has 1 aliphatic rings. The topological polar surface area (TPSA) is 92.7 Å². The normalized spacial score (nSPS) is 11.8. The van der Waals surface area contributed by atoms with Crippen LogP contribution in [0.25, 0.3) is 11.1 Å². The smallest absolute Gasteiger partial charge is 0.308 e. The molecule has 3 rings (SSSR count). The van der Waals surface area contributed by atoms with Crippen molar-refractivity contribution in [2.24, 2.45) is 0 Å². The molecule has 0 bridgehead atoms. The average Bonchev–Trinajstić information content (AvgIpc) is 3.15. The fraction of sp³-hybridized carbons (Fsp3) is 0.286. The molecule has 0 fully saturated rings. The third-order valence-corrected chi connectivity index (χ3v) is 4.19. The van der Waals surface area contributed by atoms with Gasteiger partial charge in [-0.25, -0.2) is 0 Å². The van der Waals surface area contributed by atoms with Crippen LogP contribution in [0.1, 0.15) is 12.5 Å². The maximum absolute atomic E-state index is 11.7. The molecule has 0 unspecified atom stereocenters. The van der Waals surface area contributed by atoms with Crippen LogP contribution in [0, 0.1) is 0 Å². The number of esters is 1. The van der Waals surface area contributed by atoms with Crippen molar-refractivity contribution in [3.8, 4) is 45.6 Å². The molecule has 0 atom stereocenters. The molecule has 0 spiro atoms. The Morgan fingerprint density at radius 1 is 1.21 bits per heavy atom. The number of benzene rings is 2. The molecule has 154 valence electrons. The SMILES string of the molecule is C=CCOCc1cc2c(c(OC)c1-c1c(O)cc(OC)cc1OC(C)=O)OCO2. The highest BCUT2D eigenvalue weighted by Gasteiger charge is 2.30. The molecule has 1 aliphatic heterocycles. The van der Waals surface area contributed by atoms with E-state index in [0.717, 1.165) is 0 Å². The van der Waals surface area contributed by atoms with Crippen molar-refractivity contribution >= 4 is 5.97 Å². The summed E-state index contributed by atoms with van der Waals surface area (Å²) in [6.07, 6.45) is 1.62. The van der Waals surface area contributed by atoms with Gasteiger partial charge in [0.25, 0.3) is 0 Å². The van der Waals surface area contributed by atoms with Crippen molar-refractivity contribution in [3.05, 3.63) is 36.4 Å². The lowest BCUT2D eigenvalue weighted by Gasteiger charge is -2.20. The number of methoxy groups -OCH3 is 2. The molecule has 0 saturated heterocycles. The molecule has 2 aromatic rings. The minimum Gasteiger partial charge on any atom is -0.507 e. The Labute approximate surface area is 168 Å². The summed E-state index contributed by atoms with van der Waals surface area (Å²) in [7, 11) is 2.92. The van der Waals surface area contributed by atoms with Crippen molar-refractivity contribution in [3.63, 3.8) is 0 Å². The van der Waals surface area contributed by atoms with Crippen molar-refractivity contribution in [2.45, 2.75) is 13.5 Å². The van der Waals surface area contributed by atoms with E-state index < -0.39 is 5.97 Å². The van der Waals surface area contributed by atoms with Gasteiger partial charge in [0, 0.05) is 24.6 Å². The monoisotopic (exact) mass is 402 g/mol. The molecule has 8 nitrogen and oxygen atoms in total. The van der Waals surface area contributed by atoms with Crippen LogP contribution in [-0.2, 0) is 16.1 Å². The largest absolute Gasteiger partial charge is 0.507 e. The average molecular weight is 402 g/mol. The van der Waals surface area contributed by atoms with Crippen molar-refractivity contribution < 1.29 is 38.3 Å². The summed E-state index contributed by atoms with van der Waals surface area (Å²) < 4.78 is 32.8. The predicted octanol–water partition coefficient (Wildman–Crippen LogP) is 3.43. The fourth-order valence-corrected chi connectivity index (χ4v) is 3.08. The molecule has 0 aromatic heterocycles. The third-order valence-electron chi connectivity index (χ3n) is 4.19. The number of phenolic OH excluding ortho intramolecular Hbond substituents is 1. The van der Waals surface area contributed by atoms with Gasteiger partial charge in [0.1, 0.15) is 17.2 Å². The van der Waals surface area contributed by atoms with Crippen molar-refractivity contribution in [1.29, 1.82) is 0 Å². The van der Waals surface area contributed by atoms with Crippen LogP contribution in [0.4, 0.5) is 0 Å². The van der Waals surface area contributed by atoms with E-state index in [2.05, 4.69) is 6.58 Å². The lowest BCUT2D eigenvalue weighted by Crippen LogP contribution is -2.05. The number of hydrogen-bond acceptors (Lipinski definition) is 8. The number of fused-ring (bicyclic) bond motifs is 1. The van der Waals surface area contributed by atoms with E-state index in [9.17, 15) is 9.90 Å². The number of phenols is 1. The maximum Gasteiger partial charge on any atom is 0.308 e. The Bertz CT molecular complexity index is 935. The van der Waals surface area contributed by atoms with Crippen LogP contribution in [0.2, 0.25) is 0 Å². The predicted molar refractivity (Wildman–Crippen MR) is 104 cm³/mol. The van der Waals surface area contributed by atoms with Crippen LogP contribution < -0.4 is 23.7 Å².